The van der Waals surface area contributed by atoms with Crippen LogP contribution in [-0.2, 0) is 7.05 Å². The van der Waals surface area contributed by atoms with Crippen molar-refractivity contribution >= 4 is 21.9 Å². The van der Waals surface area contributed by atoms with Gasteiger partial charge >= 0.3 is 0 Å². The molecule has 0 spiro atoms. The second-order valence-corrected chi connectivity index (χ2v) is 7.88. The Morgan fingerprint density at radius 3 is 2.26 bits per heavy atom. The number of aryl methyl sites for hydroxylation is 3. The molecule has 0 fully saturated rings. The van der Waals surface area contributed by atoms with E-state index in [4.69, 9.17) is 4.42 Å². The van der Waals surface area contributed by atoms with Gasteiger partial charge in [0.1, 0.15) is 24.0 Å². The summed E-state index contributed by atoms with van der Waals surface area (Å²) in [6, 6.07) is 21.5. The van der Waals surface area contributed by atoms with E-state index in [9.17, 15) is 9.65 Å². The Kier molecular flexibility index (Phi) is 4.34. The lowest BCUT2D eigenvalue weighted by molar-refractivity contribution is -0.661. The Morgan fingerprint density at radius 2 is 1.55 bits per heavy atom. The fraction of sp³-hybridized carbons (Fsp3) is 0.111. The number of fused-ring (bicyclic) bond motifs is 3. The monoisotopic (exact) mass is 407 g/mol. The Labute approximate surface area is 179 Å². The van der Waals surface area contributed by atoms with Crippen LogP contribution in [0, 0.1) is 31.0 Å². The maximum atomic E-state index is 14.5. The molecule has 2 heterocycles. The number of halogens is 1. The van der Waals surface area contributed by atoms with E-state index in [1.807, 2.05) is 73.1 Å². The fourth-order valence-corrected chi connectivity index (χ4v) is 4.31. The van der Waals surface area contributed by atoms with Gasteiger partial charge in [0.25, 0.3) is 0 Å². The Bertz CT molecular complexity index is 1530. The molecule has 0 atom stereocenters. The first-order chi connectivity index (χ1) is 15.0. The number of nitrogens with zero attached hydrogens (tertiary/aromatic N) is 2. The van der Waals surface area contributed by atoms with E-state index in [0.29, 0.717) is 22.3 Å². The van der Waals surface area contributed by atoms with Crippen molar-refractivity contribution in [1.29, 1.82) is 5.26 Å². The van der Waals surface area contributed by atoms with E-state index in [1.54, 1.807) is 19.2 Å². The van der Waals surface area contributed by atoms with Crippen molar-refractivity contribution in [1.82, 2.24) is 0 Å². The van der Waals surface area contributed by atoms with Gasteiger partial charge < -0.3 is 4.42 Å². The summed E-state index contributed by atoms with van der Waals surface area (Å²) in [5.41, 5.74) is 6.80. The van der Waals surface area contributed by atoms with Crippen molar-refractivity contribution in [3.05, 3.63) is 89.4 Å². The number of pyridine rings is 1. The van der Waals surface area contributed by atoms with Crippen LogP contribution in [0.15, 0.2) is 71.3 Å². The maximum Gasteiger partial charge on any atom is 0.219 e. The summed E-state index contributed by atoms with van der Waals surface area (Å²) < 4.78 is 22.9. The van der Waals surface area contributed by atoms with Crippen molar-refractivity contribution in [3.8, 4) is 28.5 Å². The molecular weight excluding hydrogens is 387 g/mol. The minimum atomic E-state index is -0.252. The van der Waals surface area contributed by atoms with Gasteiger partial charge in [-0.05, 0) is 37.1 Å². The molecule has 0 saturated carbocycles. The summed E-state index contributed by atoms with van der Waals surface area (Å²) in [4.78, 5) is 0. The van der Waals surface area contributed by atoms with Gasteiger partial charge in [0.2, 0.25) is 5.69 Å². The van der Waals surface area contributed by atoms with Crippen LogP contribution < -0.4 is 4.57 Å². The van der Waals surface area contributed by atoms with E-state index in [-0.39, 0.29) is 5.82 Å². The van der Waals surface area contributed by atoms with Crippen LogP contribution in [-0.4, -0.2) is 0 Å². The lowest BCUT2D eigenvalue weighted by Gasteiger charge is -2.06. The standard InChI is InChI=1S/C27H20FN2O/c1-16-9-11-20-21-12-10-19(14-29)25(18-7-5-4-6-8-18)27(21)31-26(20)24(16)23-13-22(28)17(2)15-30(23)3/h4-13,15H,1-3H3/q+1. The number of benzene rings is 3. The summed E-state index contributed by atoms with van der Waals surface area (Å²) in [7, 11) is 1.91. The molecule has 5 rings (SSSR count). The van der Waals surface area contributed by atoms with Crippen LogP contribution in [0.1, 0.15) is 16.7 Å². The lowest BCUT2D eigenvalue weighted by Crippen LogP contribution is -2.31. The molecular formula is C27H20FN2O+. The quantitative estimate of drug-likeness (QED) is 0.319. The first-order valence-corrected chi connectivity index (χ1v) is 10.1. The van der Waals surface area contributed by atoms with Gasteiger partial charge in [-0.3, -0.25) is 0 Å². The topological polar surface area (TPSA) is 40.8 Å². The second kappa shape index (κ2) is 7.07. The first-order valence-electron chi connectivity index (χ1n) is 10.1. The zero-order valence-corrected chi connectivity index (χ0v) is 17.5. The van der Waals surface area contributed by atoms with E-state index < -0.39 is 0 Å². The Hall–Kier alpha value is -3.97. The smallest absolute Gasteiger partial charge is 0.219 e. The molecule has 31 heavy (non-hydrogen) atoms. The number of nitriles is 1. The van der Waals surface area contributed by atoms with Crippen LogP contribution in [0.3, 0.4) is 0 Å². The predicted octanol–water partition coefficient (Wildman–Crippen LogP) is 6.37. The van der Waals surface area contributed by atoms with Crippen molar-refractivity contribution in [2.75, 3.05) is 0 Å². The van der Waals surface area contributed by atoms with Gasteiger partial charge in [0.15, 0.2) is 6.20 Å². The van der Waals surface area contributed by atoms with E-state index >= 15 is 0 Å². The third-order valence-electron chi connectivity index (χ3n) is 5.86. The van der Waals surface area contributed by atoms with Crippen LogP contribution in [0.4, 0.5) is 4.39 Å². The van der Waals surface area contributed by atoms with E-state index in [0.717, 1.165) is 38.7 Å². The van der Waals surface area contributed by atoms with Gasteiger partial charge in [0, 0.05) is 28.0 Å². The molecule has 0 aliphatic rings. The summed E-state index contributed by atoms with van der Waals surface area (Å²) in [6.07, 6.45) is 1.79. The van der Waals surface area contributed by atoms with E-state index in [1.165, 1.54) is 0 Å². The van der Waals surface area contributed by atoms with Gasteiger partial charge in [-0.25, -0.2) is 8.96 Å². The van der Waals surface area contributed by atoms with Crippen molar-refractivity contribution in [2.45, 2.75) is 13.8 Å². The molecule has 0 unspecified atom stereocenters. The minimum absolute atomic E-state index is 0.252. The highest BCUT2D eigenvalue weighted by molar-refractivity contribution is 6.13. The molecule has 3 aromatic carbocycles. The zero-order chi connectivity index (χ0) is 21.7. The molecule has 0 bridgehead atoms. The summed E-state index contributed by atoms with van der Waals surface area (Å²) in [6.45, 7) is 3.75. The molecule has 0 aliphatic heterocycles. The molecule has 0 N–H and O–H groups in total. The molecule has 2 aromatic heterocycles. The van der Waals surface area contributed by atoms with Crippen LogP contribution in [0.25, 0.3) is 44.3 Å². The third-order valence-corrected chi connectivity index (χ3v) is 5.86. The normalized spacial score (nSPS) is 11.2. The third kappa shape index (κ3) is 2.90. The van der Waals surface area contributed by atoms with Crippen LogP contribution in [0.5, 0.6) is 0 Å². The van der Waals surface area contributed by atoms with Crippen molar-refractivity contribution in [3.63, 3.8) is 0 Å². The SMILES string of the molecule is Cc1c[n+](C)c(-c2c(C)ccc3c2oc2c(-c4ccccc4)c(C#N)ccc23)cc1F. The number of aromatic nitrogens is 1. The lowest BCUT2D eigenvalue weighted by atomic mass is 9.96. The highest BCUT2D eigenvalue weighted by Crippen LogP contribution is 2.41. The fourth-order valence-electron chi connectivity index (χ4n) is 4.31. The van der Waals surface area contributed by atoms with Crippen molar-refractivity contribution < 1.29 is 13.4 Å². The molecule has 0 amide bonds. The number of furan rings is 1. The van der Waals surface area contributed by atoms with Gasteiger partial charge in [-0.2, -0.15) is 5.26 Å². The number of rotatable bonds is 2. The van der Waals surface area contributed by atoms with Gasteiger partial charge in [-0.1, -0.05) is 42.5 Å². The molecule has 0 saturated heterocycles. The molecule has 3 nitrogen and oxygen atoms in total. The average molecular weight is 407 g/mol. The average Bonchev–Trinajstić information content (AvgIpc) is 3.15. The molecule has 0 aliphatic carbocycles. The maximum absolute atomic E-state index is 14.5. The molecule has 4 heteroatoms. The molecule has 5 aromatic rings. The zero-order valence-electron chi connectivity index (χ0n) is 17.5. The summed E-state index contributed by atoms with van der Waals surface area (Å²) in [5.74, 6) is -0.252. The molecule has 150 valence electrons. The predicted molar refractivity (Wildman–Crippen MR) is 120 cm³/mol. The molecule has 0 radical (unpaired) electrons. The van der Waals surface area contributed by atoms with Gasteiger partial charge in [0.05, 0.1) is 17.2 Å². The van der Waals surface area contributed by atoms with Crippen LogP contribution in [0.2, 0.25) is 0 Å². The highest BCUT2D eigenvalue weighted by atomic mass is 19.1. The summed E-state index contributed by atoms with van der Waals surface area (Å²) in [5, 5.41) is 11.6. The second-order valence-electron chi connectivity index (χ2n) is 7.88. The number of hydrogen-bond donors (Lipinski definition) is 0. The van der Waals surface area contributed by atoms with E-state index in [2.05, 4.69) is 6.07 Å². The highest BCUT2D eigenvalue weighted by Gasteiger charge is 2.24. The first kappa shape index (κ1) is 19.0. The van der Waals surface area contributed by atoms with Crippen LogP contribution >= 0.6 is 0 Å². The Balaban J connectivity index is 1.92. The Morgan fingerprint density at radius 1 is 0.871 bits per heavy atom. The largest absolute Gasteiger partial charge is 0.454 e. The summed E-state index contributed by atoms with van der Waals surface area (Å²) >= 11 is 0. The number of hydrogen-bond acceptors (Lipinski definition) is 2. The minimum Gasteiger partial charge on any atom is -0.454 e. The van der Waals surface area contributed by atoms with Gasteiger partial charge in [-0.15, -0.1) is 0 Å². The van der Waals surface area contributed by atoms with Crippen molar-refractivity contribution in [2.24, 2.45) is 7.05 Å².